The minimum Gasteiger partial charge on any atom is -0.356 e. The topological polar surface area (TPSA) is 78.9 Å². The normalized spacial score (nSPS) is 22.7. The largest absolute Gasteiger partial charge is 0.356 e. The Kier molecular flexibility index (Phi) is 5.44. The Morgan fingerprint density at radius 2 is 1.76 bits per heavy atom. The number of hydrogen-bond donors (Lipinski definition) is 0. The van der Waals surface area contributed by atoms with Crippen LogP contribution in [0.3, 0.4) is 0 Å². The van der Waals surface area contributed by atoms with E-state index in [1.54, 1.807) is 24.3 Å². The monoisotopic (exact) mass is 395 g/mol. The van der Waals surface area contributed by atoms with Crippen LogP contribution >= 0.6 is 0 Å². The number of piperazine rings is 1. The van der Waals surface area contributed by atoms with E-state index in [1.807, 2.05) is 42.2 Å². The lowest BCUT2D eigenvalue weighted by atomic mass is 9.97. The van der Waals surface area contributed by atoms with Gasteiger partial charge in [0.05, 0.1) is 11.7 Å². The average molecular weight is 395 g/mol. The molecule has 2 aromatic rings. The van der Waals surface area contributed by atoms with Gasteiger partial charge in [0.15, 0.2) is 6.10 Å². The summed E-state index contributed by atoms with van der Waals surface area (Å²) in [5.74, 6) is 0.667. The molecule has 29 heavy (non-hydrogen) atoms. The second-order valence-electron chi connectivity index (χ2n) is 7.37. The SMILES string of the molecule is Cc1nccnc1N1CCN(C(=O)C2OCC(=O)N(C)C2c2ccccc2)CC1. The highest BCUT2D eigenvalue weighted by molar-refractivity contribution is 5.86. The number of carbonyl (C=O) groups excluding carboxylic acids is 2. The molecule has 0 saturated carbocycles. The van der Waals surface area contributed by atoms with Gasteiger partial charge < -0.3 is 19.4 Å². The lowest BCUT2D eigenvalue weighted by molar-refractivity contribution is -0.167. The number of aryl methyl sites for hydroxylation is 1. The number of benzene rings is 1. The summed E-state index contributed by atoms with van der Waals surface area (Å²) >= 11 is 0. The van der Waals surface area contributed by atoms with Crippen molar-refractivity contribution in [3.05, 3.63) is 54.0 Å². The molecule has 0 radical (unpaired) electrons. The van der Waals surface area contributed by atoms with Crippen molar-refractivity contribution < 1.29 is 14.3 Å². The predicted molar refractivity (Wildman–Crippen MR) is 107 cm³/mol. The average Bonchev–Trinajstić information content (AvgIpc) is 2.76. The minimum absolute atomic E-state index is 0.0744. The highest BCUT2D eigenvalue weighted by Crippen LogP contribution is 2.30. The molecule has 3 heterocycles. The summed E-state index contributed by atoms with van der Waals surface area (Å²) in [7, 11) is 1.73. The third kappa shape index (κ3) is 3.80. The fourth-order valence-electron chi connectivity index (χ4n) is 4.00. The molecule has 2 aliphatic rings. The summed E-state index contributed by atoms with van der Waals surface area (Å²) < 4.78 is 5.75. The molecule has 2 unspecified atom stereocenters. The molecule has 2 fully saturated rings. The number of hydrogen-bond acceptors (Lipinski definition) is 6. The molecule has 0 spiro atoms. The van der Waals surface area contributed by atoms with Gasteiger partial charge in [-0.05, 0) is 12.5 Å². The maximum atomic E-state index is 13.3. The van der Waals surface area contributed by atoms with Gasteiger partial charge in [-0.3, -0.25) is 14.6 Å². The van der Waals surface area contributed by atoms with Crippen molar-refractivity contribution in [1.82, 2.24) is 19.8 Å². The van der Waals surface area contributed by atoms with Gasteiger partial charge in [0.1, 0.15) is 12.4 Å². The summed E-state index contributed by atoms with van der Waals surface area (Å²) in [6.45, 7) is 4.38. The van der Waals surface area contributed by atoms with Crippen LogP contribution in [0, 0.1) is 6.92 Å². The van der Waals surface area contributed by atoms with Crippen molar-refractivity contribution >= 4 is 17.6 Å². The molecule has 0 N–H and O–H groups in total. The van der Waals surface area contributed by atoms with E-state index in [2.05, 4.69) is 14.9 Å². The van der Waals surface area contributed by atoms with Crippen LogP contribution in [0.2, 0.25) is 0 Å². The molecule has 2 saturated heterocycles. The van der Waals surface area contributed by atoms with Crippen LogP contribution in [-0.4, -0.2) is 77.5 Å². The van der Waals surface area contributed by atoms with Gasteiger partial charge in [-0.25, -0.2) is 4.98 Å². The van der Waals surface area contributed by atoms with Crippen LogP contribution in [0.1, 0.15) is 17.3 Å². The maximum Gasteiger partial charge on any atom is 0.254 e. The fraction of sp³-hybridized carbons (Fsp3) is 0.429. The summed E-state index contributed by atoms with van der Waals surface area (Å²) in [6, 6.07) is 9.17. The molecule has 1 aromatic heterocycles. The zero-order valence-electron chi connectivity index (χ0n) is 16.7. The van der Waals surface area contributed by atoms with E-state index in [4.69, 9.17) is 4.74 Å². The van der Waals surface area contributed by atoms with E-state index in [1.165, 1.54) is 0 Å². The Labute approximate surface area is 170 Å². The highest BCUT2D eigenvalue weighted by atomic mass is 16.5. The van der Waals surface area contributed by atoms with E-state index < -0.39 is 12.1 Å². The van der Waals surface area contributed by atoms with Crippen molar-refractivity contribution in [2.45, 2.75) is 19.1 Å². The zero-order chi connectivity index (χ0) is 20.4. The number of rotatable bonds is 3. The Morgan fingerprint density at radius 3 is 2.45 bits per heavy atom. The molecule has 2 amide bonds. The van der Waals surface area contributed by atoms with Gasteiger partial charge >= 0.3 is 0 Å². The van der Waals surface area contributed by atoms with E-state index in [9.17, 15) is 9.59 Å². The van der Waals surface area contributed by atoms with Crippen molar-refractivity contribution in [1.29, 1.82) is 0 Å². The Morgan fingerprint density at radius 1 is 1.07 bits per heavy atom. The quantitative estimate of drug-likeness (QED) is 0.773. The number of aromatic nitrogens is 2. The van der Waals surface area contributed by atoms with Crippen LogP contribution in [0.5, 0.6) is 0 Å². The second kappa shape index (κ2) is 8.16. The Balaban J connectivity index is 1.48. The minimum atomic E-state index is -0.704. The number of ether oxygens (including phenoxy) is 1. The van der Waals surface area contributed by atoms with E-state index in [0.717, 1.165) is 17.1 Å². The molecular formula is C21H25N5O3. The van der Waals surface area contributed by atoms with Crippen LogP contribution in [0.15, 0.2) is 42.7 Å². The van der Waals surface area contributed by atoms with Crippen LogP contribution < -0.4 is 4.90 Å². The lowest BCUT2D eigenvalue weighted by Gasteiger charge is -2.42. The number of likely N-dealkylation sites (N-methyl/N-ethyl adjacent to an activating group) is 1. The van der Waals surface area contributed by atoms with Crippen LogP contribution in [-0.2, 0) is 14.3 Å². The first-order valence-corrected chi connectivity index (χ1v) is 9.80. The second-order valence-corrected chi connectivity index (χ2v) is 7.37. The van der Waals surface area contributed by atoms with Gasteiger partial charge in [0.25, 0.3) is 5.91 Å². The molecule has 2 atom stereocenters. The fourth-order valence-corrected chi connectivity index (χ4v) is 4.00. The summed E-state index contributed by atoms with van der Waals surface area (Å²) in [5.41, 5.74) is 1.78. The van der Waals surface area contributed by atoms with E-state index >= 15 is 0 Å². The maximum absolute atomic E-state index is 13.3. The number of morpholine rings is 1. The van der Waals surface area contributed by atoms with Crippen molar-refractivity contribution in [2.75, 3.05) is 44.7 Å². The molecule has 0 bridgehead atoms. The first kappa shape index (κ1) is 19.3. The molecule has 8 nitrogen and oxygen atoms in total. The molecule has 0 aliphatic carbocycles. The smallest absolute Gasteiger partial charge is 0.254 e. The molecule has 1 aromatic carbocycles. The molecular weight excluding hydrogens is 370 g/mol. The van der Waals surface area contributed by atoms with Crippen LogP contribution in [0.25, 0.3) is 0 Å². The first-order valence-electron chi connectivity index (χ1n) is 9.80. The third-order valence-electron chi connectivity index (χ3n) is 5.61. The Bertz CT molecular complexity index is 883. The van der Waals surface area contributed by atoms with Gasteiger partial charge in [0, 0.05) is 45.6 Å². The van der Waals surface area contributed by atoms with Crippen molar-refractivity contribution in [3.8, 4) is 0 Å². The van der Waals surface area contributed by atoms with Gasteiger partial charge in [0.2, 0.25) is 5.91 Å². The van der Waals surface area contributed by atoms with Gasteiger partial charge in [-0.15, -0.1) is 0 Å². The van der Waals surface area contributed by atoms with Crippen molar-refractivity contribution in [2.24, 2.45) is 0 Å². The third-order valence-corrected chi connectivity index (χ3v) is 5.61. The van der Waals surface area contributed by atoms with E-state index in [-0.39, 0.29) is 18.4 Å². The first-order chi connectivity index (χ1) is 14.1. The summed E-state index contributed by atoms with van der Waals surface area (Å²) in [6.07, 6.45) is 2.66. The summed E-state index contributed by atoms with van der Waals surface area (Å²) in [5, 5.41) is 0. The number of amides is 2. The molecule has 2 aliphatic heterocycles. The number of carbonyl (C=O) groups is 2. The predicted octanol–water partition coefficient (Wildman–Crippen LogP) is 1.03. The lowest BCUT2D eigenvalue weighted by Crippen LogP contribution is -2.57. The van der Waals surface area contributed by atoms with Crippen LogP contribution in [0.4, 0.5) is 5.82 Å². The van der Waals surface area contributed by atoms with E-state index in [0.29, 0.717) is 26.2 Å². The zero-order valence-corrected chi connectivity index (χ0v) is 16.7. The molecule has 8 heteroatoms. The standard InChI is InChI=1S/C21H25N5O3/c1-15-20(23-9-8-22-15)25-10-12-26(13-11-25)21(28)19-18(16-6-4-3-5-7-16)24(2)17(27)14-29-19/h3-9,18-19H,10-14H2,1-2H3. The van der Waals surface area contributed by atoms with Gasteiger partial charge in [-0.2, -0.15) is 0 Å². The van der Waals surface area contributed by atoms with Gasteiger partial charge in [-0.1, -0.05) is 30.3 Å². The molecule has 4 rings (SSSR count). The van der Waals surface area contributed by atoms with Crippen molar-refractivity contribution in [3.63, 3.8) is 0 Å². The molecule has 152 valence electrons. The number of anilines is 1. The highest BCUT2D eigenvalue weighted by Gasteiger charge is 2.42. The summed E-state index contributed by atoms with van der Waals surface area (Å²) in [4.78, 5) is 39.9. The number of nitrogens with zero attached hydrogens (tertiary/aromatic N) is 5. The Hall–Kier alpha value is -3.00.